The van der Waals surface area contributed by atoms with E-state index in [4.69, 9.17) is 5.73 Å². The number of rotatable bonds is 3. The number of aryl methyl sites for hydroxylation is 2. The van der Waals surface area contributed by atoms with Gasteiger partial charge in [0.2, 0.25) is 0 Å². The van der Waals surface area contributed by atoms with E-state index in [1.807, 2.05) is 38.1 Å². The molecule has 0 aliphatic rings. The van der Waals surface area contributed by atoms with Gasteiger partial charge in [-0.2, -0.15) is 0 Å². The van der Waals surface area contributed by atoms with E-state index in [1.165, 1.54) is 0 Å². The molecular formula is C14H17N3O. The molecule has 0 radical (unpaired) electrons. The zero-order valence-corrected chi connectivity index (χ0v) is 10.7. The lowest BCUT2D eigenvalue weighted by Crippen LogP contribution is -2.27. The lowest BCUT2D eigenvalue weighted by Gasteiger charge is -2.11. The number of pyridine rings is 2. The average Bonchev–Trinajstić information content (AvgIpc) is 2.35. The summed E-state index contributed by atoms with van der Waals surface area (Å²) >= 11 is 0. The molecule has 0 spiro atoms. The molecule has 2 aromatic rings. The highest BCUT2D eigenvalue weighted by Crippen LogP contribution is 2.04. The first-order chi connectivity index (χ1) is 8.61. The molecule has 0 saturated carbocycles. The fourth-order valence-corrected chi connectivity index (χ4v) is 1.92. The lowest BCUT2D eigenvalue weighted by atomic mass is 10.2. The van der Waals surface area contributed by atoms with Gasteiger partial charge in [-0.05, 0) is 32.0 Å². The second-order valence-electron chi connectivity index (χ2n) is 4.37. The fourth-order valence-electron chi connectivity index (χ4n) is 1.92. The van der Waals surface area contributed by atoms with Crippen molar-refractivity contribution in [3.63, 3.8) is 0 Å². The van der Waals surface area contributed by atoms with Crippen molar-refractivity contribution >= 4 is 0 Å². The number of aromatic nitrogens is 2. The minimum absolute atomic E-state index is 0.0270. The molecule has 0 aromatic carbocycles. The van der Waals surface area contributed by atoms with Crippen molar-refractivity contribution in [2.75, 3.05) is 0 Å². The van der Waals surface area contributed by atoms with Gasteiger partial charge in [0.25, 0.3) is 5.56 Å². The summed E-state index contributed by atoms with van der Waals surface area (Å²) in [6.07, 6.45) is 0. The average molecular weight is 243 g/mol. The summed E-state index contributed by atoms with van der Waals surface area (Å²) in [5.41, 5.74) is 8.92. The van der Waals surface area contributed by atoms with Crippen LogP contribution >= 0.6 is 0 Å². The Bertz CT molecular complexity index is 617. The van der Waals surface area contributed by atoms with Crippen LogP contribution in [-0.4, -0.2) is 9.55 Å². The maximum Gasteiger partial charge on any atom is 0.255 e. The highest BCUT2D eigenvalue weighted by atomic mass is 16.1. The van der Waals surface area contributed by atoms with Crippen LogP contribution in [0.15, 0.2) is 35.1 Å². The summed E-state index contributed by atoms with van der Waals surface area (Å²) in [4.78, 5) is 16.6. The van der Waals surface area contributed by atoms with Crippen molar-refractivity contribution in [3.05, 3.63) is 63.3 Å². The van der Waals surface area contributed by atoms with Gasteiger partial charge >= 0.3 is 0 Å². The SMILES string of the molecule is Cc1cccc(Cn2c(C)ccc(CN)c2=O)n1. The molecule has 0 unspecified atom stereocenters. The van der Waals surface area contributed by atoms with Gasteiger partial charge in [0.1, 0.15) is 0 Å². The molecule has 0 amide bonds. The van der Waals surface area contributed by atoms with E-state index in [2.05, 4.69) is 4.98 Å². The number of hydrogen-bond donors (Lipinski definition) is 1. The van der Waals surface area contributed by atoms with Gasteiger partial charge in [-0.15, -0.1) is 0 Å². The molecule has 0 bridgehead atoms. The molecule has 94 valence electrons. The van der Waals surface area contributed by atoms with Gasteiger partial charge in [-0.1, -0.05) is 12.1 Å². The zero-order chi connectivity index (χ0) is 13.1. The van der Waals surface area contributed by atoms with Crippen LogP contribution in [0.2, 0.25) is 0 Å². The van der Waals surface area contributed by atoms with Crippen molar-refractivity contribution < 1.29 is 0 Å². The molecule has 0 saturated heterocycles. The number of nitrogens with zero attached hydrogens (tertiary/aromatic N) is 2. The quantitative estimate of drug-likeness (QED) is 0.885. The largest absolute Gasteiger partial charge is 0.326 e. The minimum Gasteiger partial charge on any atom is -0.326 e. The maximum absolute atomic E-state index is 12.2. The molecule has 0 atom stereocenters. The second kappa shape index (κ2) is 5.14. The zero-order valence-electron chi connectivity index (χ0n) is 10.7. The molecule has 0 aliphatic carbocycles. The van der Waals surface area contributed by atoms with E-state index >= 15 is 0 Å². The summed E-state index contributed by atoms with van der Waals surface area (Å²) in [5.74, 6) is 0. The van der Waals surface area contributed by atoms with Crippen LogP contribution in [0.25, 0.3) is 0 Å². The Morgan fingerprint density at radius 3 is 2.67 bits per heavy atom. The van der Waals surface area contributed by atoms with Crippen LogP contribution in [-0.2, 0) is 13.1 Å². The molecule has 2 aromatic heterocycles. The second-order valence-corrected chi connectivity index (χ2v) is 4.37. The Hall–Kier alpha value is -1.94. The van der Waals surface area contributed by atoms with Crippen LogP contribution < -0.4 is 11.3 Å². The lowest BCUT2D eigenvalue weighted by molar-refractivity contribution is 0.699. The van der Waals surface area contributed by atoms with E-state index in [9.17, 15) is 4.79 Å². The van der Waals surface area contributed by atoms with Gasteiger partial charge in [-0.25, -0.2) is 0 Å². The Morgan fingerprint density at radius 1 is 1.22 bits per heavy atom. The Labute approximate surface area is 106 Å². The first-order valence-corrected chi connectivity index (χ1v) is 5.93. The topological polar surface area (TPSA) is 60.9 Å². The van der Waals surface area contributed by atoms with Crippen molar-refractivity contribution in [2.24, 2.45) is 5.73 Å². The molecule has 2 rings (SSSR count). The molecular weight excluding hydrogens is 226 g/mol. The van der Waals surface area contributed by atoms with E-state index in [-0.39, 0.29) is 12.1 Å². The summed E-state index contributed by atoms with van der Waals surface area (Å²) in [7, 11) is 0. The van der Waals surface area contributed by atoms with Crippen molar-refractivity contribution in [1.82, 2.24) is 9.55 Å². The van der Waals surface area contributed by atoms with Crippen LogP contribution in [0.5, 0.6) is 0 Å². The van der Waals surface area contributed by atoms with Crippen molar-refractivity contribution in [1.29, 1.82) is 0 Å². The number of hydrogen-bond acceptors (Lipinski definition) is 3. The summed E-state index contributed by atoms with van der Waals surface area (Å²) < 4.78 is 1.71. The van der Waals surface area contributed by atoms with Gasteiger partial charge in [0.05, 0.1) is 12.2 Å². The highest BCUT2D eigenvalue weighted by Gasteiger charge is 2.06. The monoisotopic (exact) mass is 243 g/mol. The standard InChI is InChI=1S/C14H17N3O/c1-10-4-3-5-13(16-10)9-17-11(2)6-7-12(8-15)14(17)18/h3-7H,8-9,15H2,1-2H3. The third kappa shape index (κ3) is 2.49. The van der Waals surface area contributed by atoms with E-state index in [0.29, 0.717) is 12.1 Å². The molecule has 4 nitrogen and oxygen atoms in total. The normalized spacial score (nSPS) is 10.6. The molecule has 2 heterocycles. The first-order valence-electron chi connectivity index (χ1n) is 5.93. The first kappa shape index (κ1) is 12.5. The van der Waals surface area contributed by atoms with Gasteiger partial charge in [0, 0.05) is 23.5 Å². The van der Waals surface area contributed by atoms with Gasteiger partial charge < -0.3 is 10.3 Å². The van der Waals surface area contributed by atoms with Crippen LogP contribution in [0.1, 0.15) is 22.6 Å². The molecule has 0 fully saturated rings. The Morgan fingerprint density at radius 2 is 2.00 bits per heavy atom. The van der Waals surface area contributed by atoms with Crippen LogP contribution in [0.4, 0.5) is 0 Å². The smallest absolute Gasteiger partial charge is 0.255 e. The summed E-state index contributed by atoms with van der Waals surface area (Å²) in [6, 6.07) is 9.52. The van der Waals surface area contributed by atoms with E-state index < -0.39 is 0 Å². The molecule has 18 heavy (non-hydrogen) atoms. The maximum atomic E-state index is 12.2. The Kier molecular flexibility index (Phi) is 3.58. The predicted octanol–water partition coefficient (Wildman–Crippen LogP) is 1.37. The third-order valence-electron chi connectivity index (χ3n) is 2.96. The van der Waals surface area contributed by atoms with E-state index in [0.717, 1.165) is 17.1 Å². The minimum atomic E-state index is -0.0270. The van der Waals surface area contributed by atoms with Crippen LogP contribution in [0, 0.1) is 13.8 Å². The predicted molar refractivity (Wildman–Crippen MR) is 71.4 cm³/mol. The van der Waals surface area contributed by atoms with Crippen molar-refractivity contribution in [2.45, 2.75) is 26.9 Å². The summed E-state index contributed by atoms with van der Waals surface area (Å²) in [5, 5.41) is 0. The van der Waals surface area contributed by atoms with Crippen molar-refractivity contribution in [3.8, 4) is 0 Å². The van der Waals surface area contributed by atoms with E-state index in [1.54, 1.807) is 10.6 Å². The molecule has 4 heteroatoms. The highest BCUT2D eigenvalue weighted by molar-refractivity contribution is 5.17. The molecule has 2 N–H and O–H groups in total. The summed E-state index contributed by atoms with van der Waals surface area (Å²) in [6.45, 7) is 4.60. The van der Waals surface area contributed by atoms with Gasteiger partial charge in [0.15, 0.2) is 0 Å². The number of nitrogens with two attached hydrogens (primary N) is 1. The third-order valence-corrected chi connectivity index (χ3v) is 2.96. The van der Waals surface area contributed by atoms with Gasteiger partial charge in [-0.3, -0.25) is 9.78 Å². The molecule has 0 aliphatic heterocycles. The van der Waals surface area contributed by atoms with Crippen LogP contribution in [0.3, 0.4) is 0 Å². The Balaban J connectivity index is 2.43. The fraction of sp³-hybridized carbons (Fsp3) is 0.286.